The Kier molecular flexibility index (Phi) is 9.12. The molecule has 1 aromatic rings. The van der Waals surface area contributed by atoms with E-state index in [0.717, 1.165) is 13.0 Å². The first-order chi connectivity index (χ1) is 9.67. The zero-order chi connectivity index (χ0) is 14.8. The maximum atomic E-state index is 4.69. The third-order valence-electron chi connectivity index (χ3n) is 3.83. The smallest absolute Gasteiger partial charge is 0.0946 e. The second-order valence-electron chi connectivity index (χ2n) is 5.81. The maximum absolute atomic E-state index is 4.69. The van der Waals surface area contributed by atoms with Crippen molar-refractivity contribution in [3.05, 3.63) is 15.6 Å². The van der Waals surface area contributed by atoms with Crippen molar-refractivity contribution in [1.82, 2.24) is 10.3 Å². The van der Waals surface area contributed by atoms with Gasteiger partial charge in [0.2, 0.25) is 0 Å². The molecule has 0 saturated carbocycles. The lowest BCUT2D eigenvalue weighted by atomic mass is 10.0. The van der Waals surface area contributed by atoms with E-state index in [1.807, 2.05) is 11.3 Å². The van der Waals surface area contributed by atoms with Crippen molar-refractivity contribution in [2.24, 2.45) is 0 Å². The van der Waals surface area contributed by atoms with Gasteiger partial charge in [-0.3, -0.25) is 0 Å². The molecule has 0 fully saturated rings. The zero-order valence-corrected chi connectivity index (χ0v) is 14.6. The fraction of sp³-hybridized carbons (Fsp3) is 0.824. The van der Waals surface area contributed by atoms with Crippen LogP contribution in [0.1, 0.15) is 74.4 Å². The summed E-state index contributed by atoms with van der Waals surface area (Å²) in [5, 5.41) is 5.01. The van der Waals surface area contributed by atoms with Gasteiger partial charge in [0.25, 0.3) is 0 Å². The fourth-order valence-corrected chi connectivity index (χ4v) is 3.47. The number of hydrogen-bond donors (Lipinski definition) is 1. The Labute approximate surface area is 129 Å². The number of nitrogens with one attached hydrogen (secondary N) is 1. The Hall–Kier alpha value is -0.410. The maximum Gasteiger partial charge on any atom is 0.0946 e. The van der Waals surface area contributed by atoms with E-state index >= 15 is 0 Å². The van der Waals surface area contributed by atoms with Gasteiger partial charge in [-0.25, -0.2) is 4.98 Å². The van der Waals surface area contributed by atoms with Crippen molar-refractivity contribution >= 4 is 11.3 Å². The highest BCUT2D eigenvalue weighted by atomic mass is 32.1. The van der Waals surface area contributed by atoms with E-state index in [1.165, 1.54) is 60.5 Å². The Bertz CT molecular complexity index is 340. The van der Waals surface area contributed by atoms with Crippen molar-refractivity contribution in [1.29, 1.82) is 0 Å². The second kappa shape index (κ2) is 10.3. The van der Waals surface area contributed by atoms with E-state index in [9.17, 15) is 0 Å². The molecule has 0 aliphatic heterocycles. The summed E-state index contributed by atoms with van der Waals surface area (Å²) < 4.78 is 0. The Morgan fingerprint density at radius 3 is 2.40 bits per heavy atom. The van der Waals surface area contributed by atoms with Crippen molar-refractivity contribution in [2.75, 3.05) is 6.54 Å². The van der Waals surface area contributed by atoms with Crippen LogP contribution in [0.4, 0.5) is 0 Å². The highest BCUT2D eigenvalue weighted by Gasteiger charge is 2.12. The first-order valence-corrected chi connectivity index (χ1v) is 9.15. The molecule has 1 unspecified atom stereocenters. The molecule has 1 aromatic heterocycles. The number of thiazole rings is 1. The van der Waals surface area contributed by atoms with Crippen LogP contribution in [0.25, 0.3) is 0 Å². The van der Waals surface area contributed by atoms with Gasteiger partial charge < -0.3 is 5.32 Å². The minimum Gasteiger partial charge on any atom is -0.314 e. The van der Waals surface area contributed by atoms with Crippen LogP contribution < -0.4 is 5.32 Å². The number of rotatable bonds is 11. The Morgan fingerprint density at radius 2 is 1.80 bits per heavy atom. The molecule has 0 amide bonds. The van der Waals surface area contributed by atoms with Crippen LogP contribution in [-0.4, -0.2) is 17.6 Å². The van der Waals surface area contributed by atoms with Gasteiger partial charge in [0.15, 0.2) is 0 Å². The molecule has 0 aliphatic carbocycles. The minimum atomic E-state index is 0.613. The molecule has 1 N–H and O–H groups in total. The number of aryl methyl sites for hydroxylation is 2. The molecule has 116 valence electrons. The monoisotopic (exact) mass is 296 g/mol. The zero-order valence-electron chi connectivity index (χ0n) is 13.8. The normalized spacial score (nSPS) is 12.8. The van der Waals surface area contributed by atoms with Gasteiger partial charge in [-0.2, -0.15) is 0 Å². The summed E-state index contributed by atoms with van der Waals surface area (Å²) in [6.07, 6.45) is 10.5. The van der Waals surface area contributed by atoms with Gasteiger partial charge in [0.1, 0.15) is 0 Å². The molecule has 20 heavy (non-hydrogen) atoms. The summed E-state index contributed by atoms with van der Waals surface area (Å²) in [5.41, 5.74) is 1.21. The van der Waals surface area contributed by atoms with Crippen molar-refractivity contribution in [2.45, 2.75) is 85.1 Å². The summed E-state index contributed by atoms with van der Waals surface area (Å²) in [6, 6.07) is 0.613. The van der Waals surface area contributed by atoms with E-state index in [4.69, 9.17) is 4.98 Å². The number of nitrogens with zero attached hydrogens (tertiary/aromatic N) is 1. The van der Waals surface area contributed by atoms with E-state index in [-0.39, 0.29) is 0 Å². The lowest BCUT2D eigenvalue weighted by molar-refractivity contribution is 0.450. The molecule has 0 aliphatic rings. The van der Waals surface area contributed by atoms with E-state index in [0.29, 0.717) is 6.04 Å². The summed E-state index contributed by atoms with van der Waals surface area (Å²) in [7, 11) is 0. The quantitative estimate of drug-likeness (QED) is 0.579. The molecule has 1 heterocycles. The number of aromatic nitrogens is 1. The lowest BCUT2D eigenvalue weighted by Gasteiger charge is -2.17. The average molecular weight is 297 g/mol. The van der Waals surface area contributed by atoms with Crippen LogP contribution in [0.5, 0.6) is 0 Å². The van der Waals surface area contributed by atoms with Crippen LogP contribution >= 0.6 is 11.3 Å². The van der Waals surface area contributed by atoms with Crippen LogP contribution in [0.2, 0.25) is 0 Å². The van der Waals surface area contributed by atoms with Crippen LogP contribution in [0, 0.1) is 13.8 Å². The molecule has 0 bridgehead atoms. The molecule has 2 nitrogen and oxygen atoms in total. The molecule has 0 spiro atoms. The number of unbranched alkanes of at least 4 members (excludes halogenated alkanes) is 4. The van der Waals surface area contributed by atoms with Gasteiger partial charge in [-0.15, -0.1) is 11.3 Å². The molecule has 1 rings (SSSR count). The molecule has 1 atom stereocenters. The van der Waals surface area contributed by atoms with E-state index < -0.39 is 0 Å². The summed E-state index contributed by atoms with van der Waals surface area (Å²) >= 11 is 1.87. The van der Waals surface area contributed by atoms with Crippen molar-refractivity contribution < 1.29 is 0 Å². The summed E-state index contributed by atoms with van der Waals surface area (Å²) in [5.74, 6) is 0. The number of hydrogen-bond acceptors (Lipinski definition) is 3. The first kappa shape index (κ1) is 17.6. The van der Waals surface area contributed by atoms with Crippen molar-refractivity contribution in [3.8, 4) is 0 Å². The third kappa shape index (κ3) is 6.85. The molecule has 0 aromatic carbocycles. The first-order valence-electron chi connectivity index (χ1n) is 8.33. The van der Waals surface area contributed by atoms with Gasteiger partial charge in [-0.1, -0.05) is 46.0 Å². The molecule has 0 saturated heterocycles. The molecular weight excluding hydrogens is 264 g/mol. The fourth-order valence-electron chi connectivity index (χ4n) is 2.46. The highest BCUT2D eigenvalue weighted by Crippen LogP contribution is 2.19. The van der Waals surface area contributed by atoms with Crippen molar-refractivity contribution in [3.63, 3.8) is 0 Å². The van der Waals surface area contributed by atoms with E-state index in [2.05, 4.69) is 33.0 Å². The topological polar surface area (TPSA) is 24.9 Å². The Balaban J connectivity index is 2.38. The predicted molar refractivity (Wildman–Crippen MR) is 90.7 cm³/mol. The SMILES string of the molecule is CCCCCCCC(Cc1nc(C)c(C)s1)NCCC. The van der Waals surface area contributed by atoms with Gasteiger partial charge >= 0.3 is 0 Å². The summed E-state index contributed by atoms with van der Waals surface area (Å²) in [6.45, 7) is 9.94. The molecule has 0 radical (unpaired) electrons. The average Bonchev–Trinajstić information content (AvgIpc) is 2.74. The minimum absolute atomic E-state index is 0.613. The summed E-state index contributed by atoms with van der Waals surface area (Å²) in [4.78, 5) is 6.07. The van der Waals surface area contributed by atoms with Gasteiger partial charge in [-0.05, 0) is 33.2 Å². The highest BCUT2D eigenvalue weighted by molar-refractivity contribution is 7.11. The predicted octanol–water partition coefficient (Wildman–Crippen LogP) is 5.03. The lowest BCUT2D eigenvalue weighted by Crippen LogP contribution is -2.31. The Morgan fingerprint density at radius 1 is 1.05 bits per heavy atom. The molecule has 3 heteroatoms. The van der Waals surface area contributed by atoms with Gasteiger partial charge in [0.05, 0.1) is 10.7 Å². The standard InChI is InChI=1S/C17H32N2S/c1-5-7-8-9-10-11-16(18-12-6-2)13-17-19-14(3)15(4)20-17/h16,18H,5-13H2,1-4H3. The third-order valence-corrected chi connectivity index (χ3v) is 4.93. The molecular formula is C17H32N2S. The second-order valence-corrected chi connectivity index (χ2v) is 7.10. The largest absolute Gasteiger partial charge is 0.314 e. The van der Waals surface area contributed by atoms with Crippen LogP contribution in [0.15, 0.2) is 0 Å². The van der Waals surface area contributed by atoms with E-state index in [1.54, 1.807) is 0 Å². The van der Waals surface area contributed by atoms with Crippen LogP contribution in [0.3, 0.4) is 0 Å². The van der Waals surface area contributed by atoms with Crippen LogP contribution in [-0.2, 0) is 6.42 Å². The van der Waals surface area contributed by atoms with Gasteiger partial charge in [0, 0.05) is 17.3 Å².